The second kappa shape index (κ2) is 8.20. The Kier molecular flexibility index (Phi) is 6.01. The zero-order valence-corrected chi connectivity index (χ0v) is 19.2. The molecule has 9 nitrogen and oxygen atoms in total. The van der Waals surface area contributed by atoms with E-state index in [0.29, 0.717) is 16.9 Å². The minimum Gasteiger partial charge on any atom is -0.298 e. The van der Waals surface area contributed by atoms with Crippen LogP contribution in [0.25, 0.3) is 5.65 Å². The molecule has 1 aromatic carbocycles. The van der Waals surface area contributed by atoms with E-state index in [4.69, 9.17) is 0 Å². The Bertz CT molecular complexity index is 1360. The largest absolute Gasteiger partial charge is 0.298 e. The minimum atomic E-state index is -4.03. The highest BCUT2D eigenvalue weighted by Gasteiger charge is 2.23. The summed E-state index contributed by atoms with van der Waals surface area (Å²) in [5.74, 6) is 0. The van der Waals surface area contributed by atoms with Crippen molar-refractivity contribution < 1.29 is 16.8 Å². The van der Waals surface area contributed by atoms with Gasteiger partial charge in [-0.3, -0.25) is 9.12 Å². The number of fused-ring (bicyclic) bond motifs is 1. The fourth-order valence-electron chi connectivity index (χ4n) is 2.56. The van der Waals surface area contributed by atoms with Crippen molar-refractivity contribution >= 4 is 53.5 Å². The molecule has 12 heteroatoms. The number of aromatic nitrogens is 2. The quantitative estimate of drug-likeness (QED) is 0.386. The Balaban J connectivity index is 1.93. The van der Waals surface area contributed by atoms with Crippen LogP contribution in [0.15, 0.2) is 69.2 Å². The van der Waals surface area contributed by atoms with Gasteiger partial charge >= 0.3 is 0 Å². The Morgan fingerprint density at radius 2 is 1.97 bits per heavy atom. The summed E-state index contributed by atoms with van der Waals surface area (Å²) in [6, 6.07) is 7.86. The maximum atomic E-state index is 13.0. The molecule has 30 heavy (non-hydrogen) atoms. The first-order valence-corrected chi connectivity index (χ1v) is 12.2. The summed E-state index contributed by atoms with van der Waals surface area (Å²) in [7, 11) is -6.51. The second-order valence-electron chi connectivity index (χ2n) is 6.24. The van der Waals surface area contributed by atoms with Crippen LogP contribution in [0.2, 0.25) is 0 Å². The second-order valence-corrected chi connectivity index (χ2v) is 10.7. The monoisotopic (exact) mass is 511 g/mol. The highest BCUT2D eigenvalue weighted by Crippen LogP contribution is 2.24. The number of pyridine rings is 1. The third-order valence-corrected chi connectivity index (χ3v) is 7.36. The lowest BCUT2D eigenvalue weighted by molar-refractivity contribution is 0.490. The van der Waals surface area contributed by atoms with Gasteiger partial charge in [0, 0.05) is 23.1 Å². The van der Waals surface area contributed by atoms with E-state index < -0.39 is 20.0 Å². The Hall–Kier alpha value is -2.70. The molecule has 0 fully saturated rings. The zero-order valence-electron chi connectivity index (χ0n) is 16.0. The number of hydrogen-bond acceptors (Lipinski definition) is 6. The van der Waals surface area contributed by atoms with Crippen LogP contribution < -0.4 is 4.72 Å². The molecule has 1 N–H and O–H groups in total. The number of halogens is 1. The molecule has 0 aliphatic rings. The van der Waals surface area contributed by atoms with Crippen LogP contribution in [0.3, 0.4) is 0 Å². The summed E-state index contributed by atoms with van der Waals surface area (Å²) in [6.07, 6.45) is 4.74. The maximum Gasteiger partial charge on any atom is 0.279 e. The molecule has 0 amide bonds. The van der Waals surface area contributed by atoms with Gasteiger partial charge in [-0.05, 0) is 52.7 Å². The standard InChI is InChI=1S/C18H18BrN5O4S2/c1-4-29(25,26)22-15-7-5-13(2)17(9-15)30(27,28)23(3)21-11-16-10-20-18-8-6-14(19)12-24(16)18/h4-12,22H,1H2,2-3H3. The van der Waals surface area contributed by atoms with Crippen molar-refractivity contribution in [1.82, 2.24) is 13.8 Å². The maximum absolute atomic E-state index is 13.0. The molecule has 158 valence electrons. The predicted molar refractivity (Wildman–Crippen MR) is 119 cm³/mol. The van der Waals surface area contributed by atoms with Crippen LogP contribution in [-0.4, -0.2) is 43.9 Å². The van der Waals surface area contributed by atoms with Crippen molar-refractivity contribution in [1.29, 1.82) is 0 Å². The van der Waals surface area contributed by atoms with Crippen LogP contribution in [-0.2, 0) is 20.0 Å². The van der Waals surface area contributed by atoms with E-state index in [9.17, 15) is 16.8 Å². The van der Waals surface area contributed by atoms with Gasteiger partial charge in [0.2, 0.25) is 0 Å². The number of rotatable bonds is 7. The third kappa shape index (κ3) is 4.55. The molecule has 2 heterocycles. The van der Waals surface area contributed by atoms with Gasteiger partial charge in [-0.15, -0.1) is 0 Å². The minimum absolute atomic E-state index is 0.0766. The van der Waals surface area contributed by atoms with Crippen molar-refractivity contribution in [2.24, 2.45) is 5.10 Å². The smallest absolute Gasteiger partial charge is 0.279 e. The lowest BCUT2D eigenvalue weighted by Gasteiger charge is -2.16. The van der Waals surface area contributed by atoms with E-state index in [1.54, 1.807) is 29.8 Å². The van der Waals surface area contributed by atoms with E-state index in [1.807, 2.05) is 6.07 Å². The molecule has 0 saturated carbocycles. The number of aryl methyl sites for hydroxylation is 1. The molecule has 3 rings (SSSR count). The van der Waals surface area contributed by atoms with Crippen molar-refractivity contribution in [3.8, 4) is 0 Å². The number of sulfonamides is 2. The van der Waals surface area contributed by atoms with Gasteiger partial charge in [-0.25, -0.2) is 13.4 Å². The molecular weight excluding hydrogens is 494 g/mol. The summed E-state index contributed by atoms with van der Waals surface area (Å²) >= 11 is 3.38. The molecular formula is C18H18BrN5O4S2. The molecule has 0 atom stereocenters. The van der Waals surface area contributed by atoms with Crippen LogP contribution >= 0.6 is 15.9 Å². The van der Waals surface area contributed by atoms with Crippen molar-refractivity contribution in [2.75, 3.05) is 11.8 Å². The highest BCUT2D eigenvalue weighted by atomic mass is 79.9. The first-order chi connectivity index (χ1) is 14.0. The first kappa shape index (κ1) is 22.0. The summed E-state index contributed by atoms with van der Waals surface area (Å²) in [5.41, 5.74) is 1.81. The van der Waals surface area contributed by atoms with E-state index in [-0.39, 0.29) is 10.6 Å². The third-order valence-electron chi connectivity index (χ3n) is 4.14. The molecule has 0 bridgehead atoms. The molecule has 0 saturated heterocycles. The van der Waals surface area contributed by atoms with Crippen LogP contribution in [0.1, 0.15) is 11.3 Å². The average molecular weight is 512 g/mol. The van der Waals surface area contributed by atoms with Crippen molar-refractivity contribution in [2.45, 2.75) is 11.8 Å². The first-order valence-electron chi connectivity index (χ1n) is 8.45. The lowest BCUT2D eigenvalue weighted by atomic mass is 10.2. The van der Waals surface area contributed by atoms with Gasteiger partial charge in [0.25, 0.3) is 20.0 Å². The highest BCUT2D eigenvalue weighted by molar-refractivity contribution is 9.10. The van der Waals surface area contributed by atoms with Gasteiger partial charge in [0.1, 0.15) is 5.65 Å². The predicted octanol–water partition coefficient (Wildman–Crippen LogP) is 2.95. The molecule has 0 radical (unpaired) electrons. The molecule has 3 aromatic rings. The molecule has 2 aromatic heterocycles. The number of nitrogens with one attached hydrogen (secondary N) is 1. The number of anilines is 1. The topological polar surface area (TPSA) is 113 Å². The van der Waals surface area contributed by atoms with Crippen molar-refractivity contribution in [3.05, 3.63) is 70.4 Å². The number of hydrazone groups is 1. The molecule has 0 aliphatic carbocycles. The van der Waals surface area contributed by atoms with Gasteiger partial charge in [0.15, 0.2) is 0 Å². The zero-order chi connectivity index (χ0) is 22.1. The fourth-order valence-corrected chi connectivity index (χ4v) is 4.64. The van der Waals surface area contributed by atoms with E-state index in [0.717, 1.165) is 14.3 Å². The molecule has 0 unspecified atom stereocenters. The normalized spacial score (nSPS) is 12.4. The molecule has 0 spiro atoms. The summed E-state index contributed by atoms with van der Waals surface area (Å²) in [4.78, 5) is 4.16. The Labute approximate surface area is 183 Å². The van der Waals surface area contributed by atoms with E-state index in [1.165, 1.54) is 31.5 Å². The van der Waals surface area contributed by atoms with E-state index in [2.05, 4.69) is 37.3 Å². The van der Waals surface area contributed by atoms with Crippen LogP contribution in [0, 0.1) is 6.92 Å². The van der Waals surface area contributed by atoms with E-state index >= 15 is 0 Å². The number of nitrogens with zero attached hydrogens (tertiary/aromatic N) is 4. The van der Waals surface area contributed by atoms with Gasteiger partial charge < -0.3 is 0 Å². The Morgan fingerprint density at radius 1 is 1.23 bits per heavy atom. The SMILES string of the molecule is C=CS(=O)(=O)Nc1ccc(C)c(S(=O)(=O)N(C)N=Cc2cnc3ccc(Br)cn23)c1. The Morgan fingerprint density at radius 3 is 2.67 bits per heavy atom. The number of benzene rings is 1. The molecule has 0 aliphatic heterocycles. The van der Waals surface area contributed by atoms with Gasteiger partial charge in [-0.1, -0.05) is 12.6 Å². The van der Waals surface area contributed by atoms with Gasteiger partial charge in [0.05, 0.1) is 28.7 Å². The number of imidazole rings is 1. The summed E-state index contributed by atoms with van der Waals surface area (Å²) in [5, 5.41) is 4.79. The summed E-state index contributed by atoms with van der Waals surface area (Å²) < 4.78 is 55.0. The summed E-state index contributed by atoms with van der Waals surface area (Å²) in [6.45, 7) is 4.82. The number of hydrogen-bond donors (Lipinski definition) is 1. The van der Waals surface area contributed by atoms with Crippen LogP contribution in [0.5, 0.6) is 0 Å². The van der Waals surface area contributed by atoms with Crippen molar-refractivity contribution in [3.63, 3.8) is 0 Å². The van der Waals surface area contributed by atoms with Gasteiger partial charge in [-0.2, -0.15) is 17.9 Å². The van der Waals surface area contributed by atoms with Crippen LogP contribution in [0.4, 0.5) is 5.69 Å². The fraction of sp³-hybridized carbons (Fsp3) is 0.111. The average Bonchev–Trinajstić information content (AvgIpc) is 3.09. The lowest BCUT2D eigenvalue weighted by Crippen LogP contribution is -2.23.